The summed E-state index contributed by atoms with van der Waals surface area (Å²) in [5.41, 5.74) is 2.16. The molecule has 2 bridgehead atoms. The molecule has 2 aliphatic heterocycles. The lowest BCUT2D eigenvalue weighted by atomic mass is 9.64. The zero-order valence-electron chi connectivity index (χ0n) is 30.0. The van der Waals surface area contributed by atoms with E-state index in [9.17, 15) is 18.9 Å². The number of rotatable bonds is 2. The topological polar surface area (TPSA) is 128 Å². The third-order valence-corrected chi connectivity index (χ3v) is 13.2. The standard InChI is InChI=1S/C39H45ClN5O6S/c1-25-7-5-15-38(2,48)31-12-9-28(31)19-45-22-39(16-6-8-26-17-29(40)11-13-32(26)39)23-51-34-14-10-27(18-33(34)45)35(46)43-52(49,21-25)24-41-36(47)30-20-44(3)42-37(30)50-4/h5,10-11,13-15,17-18,20,25,28,31,48H,6-9,12,16,19,21-23H2,1-4H3/q+1/b15-5+/t25-,28-,31+,38-,39-,52?/m0/s1. The number of fused-ring (bicyclic) bond motifs is 4. The van der Waals surface area contributed by atoms with Crippen molar-refractivity contribution in [3.05, 3.63) is 86.9 Å². The summed E-state index contributed by atoms with van der Waals surface area (Å²) in [6, 6.07) is 11.3. The zero-order valence-corrected chi connectivity index (χ0v) is 31.6. The normalized spacial score (nSPS) is 30.6. The van der Waals surface area contributed by atoms with Crippen molar-refractivity contribution in [1.29, 1.82) is 0 Å². The second-order valence-electron chi connectivity index (χ2n) is 15.1. The summed E-state index contributed by atoms with van der Waals surface area (Å²) < 4.78 is 31.9. The van der Waals surface area contributed by atoms with E-state index in [0.29, 0.717) is 36.9 Å². The fourth-order valence-corrected chi connectivity index (χ4v) is 10.3. The molecule has 274 valence electrons. The number of anilines is 1. The Balaban J connectivity index is 1.32. The fourth-order valence-electron chi connectivity index (χ4n) is 8.42. The van der Waals surface area contributed by atoms with Gasteiger partial charge in [-0.05, 0) is 105 Å². The predicted octanol–water partition coefficient (Wildman–Crippen LogP) is 6.67. The van der Waals surface area contributed by atoms with E-state index in [1.54, 1.807) is 25.2 Å². The summed E-state index contributed by atoms with van der Waals surface area (Å²) in [5.74, 6) is -0.818. The number of ether oxygens (including phenoxy) is 2. The number of halogens is 1. The number of methoxy groups -OCH3 is 1. The lowest BCUT2D eigenvalue weighted by molar-refractivity contribution is -0.0314. The molecule has 6 atom stereocenters. The molecule has 2 aliphatic carbocycles. The molecule has 1 unspecified atom stereocenters. The van der Waals surface area contributed by atoms with Crippen LogP contribution in [0.4, 0.5) is 5.69 Å². The first-order chi connectivity index (χ1) is 24.8. The monoisotopic (exact) mass is 746 g/mol. The van der Waals surface area contributed by atoms with Gasteiger partial charge in [0, 0.05) is 47.2 Å². The second-order valence-corrected chi connectivity index (χ2v) is 17.6. The molecule has 1 saturated carbocycles. The highest BCUT2D eigenvalue weighted by atomic mass is 35.5. The molecule has 1 aromatic heterocycles. The Labute approximate surface area is 309 Å². The van der Waals surface area contributed by atoms with Gasteiger partial charge in [-0.3, -0.25) is 9.48 Å². The van der Waals surface area contributed by atoms with E-state index in [1.165, 1.54) is 29.1 Å². The van der Waals surface area contributed by atoms with Crippen molar-refractivity contribution in [2.45, 2.75) is 63.4 Å². The number of carbonyl (C=O) groups is 2. The Morgan fingerprint density at radius 1 is 1.23 bits per heavy atom. The van der Waals surface area contributed by atoms with E-state index in [0.717, 1.165) is 37.8 Å². The van der Waals surface area contributed by atoms with Crippen LogP contribution >= 0.6 is 11.6 Å². The minimum Gasteiger partial charge on any atom is -0.490 e. The summed E-state index contributed by atoms with van der Waals surface area (Å²) in [6.45, 7) is 5.53. The molecule has 52 heavy (non-hydrogen) atoms. The first-order valence-electron chi connectivity index (χ1n) is 17.9. The Morgan fingerprint density at radius 2 is 2.06 bits per heavy atom. The number of aryl methyl sites for hydroxylation is 2. The lowest BCUT2D eigenvalue weighted by Crippen LogP contribution is -2.51. The minimum absolute atomic E-state index is 0.0352. The average molecular weight is 747 g/mol. The largest absolute Gasteiger partial charge is 0.555 e. The summed E-state index contributed by atoms with van der Waals surface area (Å²) in [4.78, 5) is 33.2. The minimum atomic E-state index is -3.60. The SMILES string of the molecule is COc1nn(C)cc1C(=O)[N+]#CS1(=O)=NC(=O)c2ccc3c(c2)N(C[C@@H]2CC[C@H]2[C@@](C)(O)/C=C/C[C@H](C)C1)C[C@@]1(CCCc2cc(Cl)ccc21)CO3. The molecule has 4 aliphatic rings. The van der Waals surface area contributed by atoms with Gasteiger partial charge in [0.25, 0.3) is 11.8 Å². The fraction of sp³-hybridized carbons (Fsp3) is 0.487. The van der Waals surface area contributed by atoms with Crippen LogP contribution in [0.25, 0.3) is 4.85 Å². The van der Waals surface area contributed by atoms with Crippen LogP contribution in [-0.4, -0.2) is 69.1 Å². The average Bonchev–Trinajstić information content (AvgIpc) is 3.40. The molecule has 0 saturated heterocycles. The van der Waals surface area contributed by atoms with Crippen molar-refractivity contribution < 1.29 is 28.4 Å². The van der Waals surface area contributed by atoms with Gasteiger partial charge >= 0.3 is 11.3 Å². The van der Waals surface area contributed by atoms with Gasteiger partial charge in [0.05, 0.1) is 30.8 Å². The van der Waals surface area contributed by atoms with Crippen molar-refractivity contribution in [2.75, 3.05) is 37.5 Å². The molecular formula is C39H45ClN5O6S+. The zero-order chi connectivity index (χ0) is 36.8. The van der Waals surface area contributed by atoms with E-state index in [1.807, 2.05) is 32.1 Å². The lowest BCUT2D eigenvalue weighted by Gasteiger charge is -2.48. The quantitative estimate of drug-likeness (QED) is 0.228. The maximum Gasteiger partial charge on any atom is 0.555 e. The molecular weight excluding hydrogens is 702 g/mol. The van der Waals surface area contributed by atoms with Crippen LogP contribution in [-0.2, 0) is 28.6 Å². The number of thiocyanates is 1. The smallest absolute Gasteiger partial charge is 0.490 e. The number of aromatic nitrogens is 2. The van der Waals surface area contributed by atoms with Crippen molar-refractivity contribution in [1.82, 2.24) is 9.78 Å². The van der Waals surface area contributed by atoms with E-state index in [4.69, 9.17) is 21.1 Å². The van der Waals surface area contributed by atoms with Crippen LogP contribution in [0.15, 0.2) is 59.1 Å². The molecule has 0 radical (unpaired) electrons. The summed E-state index contributed by atoms with van der Waals surface area (Å²) >= 11 is 6.44. The van der Waals surface area contributed by atoms with Gasteiger partial charge < -0.3 is 19.5 Å². The van der Waals surface area contributed by atoms with Crippen LogP contribution in [0, 0.1) is 23.2 Å². The van der Waals surface area contributed by atoms with Gasteiger partial charge in [0.2, 0.25) is 0 Å². The number of nitrogens with zero attached hydrogens (tertiary/aromatic N) is 5. The van der Waals surface area contributed by atoms with Gasteiger partial charge in [-0.2, -0.15) is 4.79 Å². The summed E-state index contributed by atoms with van der Waals surface area (Å²) in [5, 5.41) is 19.1. The Bertz CT molecular complexity index is 2140. The summed E-state index contributed by atoms with van der Waals surface area (Å²) in [6.07, 6.45) is 10.4. The van der Waals surface area contributed by atoms with E-state index < -0.39 is 27.1 Å². The molecule has 3 aromatic rings. The van der Waals surface area contributed by atoms with Crippen LogP contribution < -0.4 is 14.4 Å². The van der Waals surface area contributed by atoms with Gasteiger partial charge in [0.1, 0.15) is 5.75 Å². The van der Waals surface area contributed by atoms with Crippen molar-refractivity contribution in [3.8, 4) is 17.0 Å². The molecule has 3 heterocycles. The van der Waals surface area contributed by atoms with E-state index in [2.05, 4.69) is 36.7 Å². The molecule has 1 N–H and O–H groups in total. The Morgan fingerprint density at radius 3 is 2.83 bits per heavy atom. The Hall–Kier alpha value is -4.18. The molecule has 7 rings (SSSR count). The molecule has 1 spiro atoms. The first-order valence-corrected chi connectivity index (χ1v) is 19.9. The van der Waals surface area contributed by atoms with Crippen LogP contribution in [0.2, 0.25) is 5.02 Å². The van der Waals surface area contributed by atoms with Crippen molar-refractivity contribution in [3.63, 3.8) is 0 Å². The maximum atomic E-state index is 14.4. The Kier molecular flexibility index (Phi) is 9.74. The number of carbonyl (C=O) groups excluding carboxylic acids is 2. The van der Waals surface area contributed by atoms with Crippen LogP contribution in [0.1, 0.15) is 77.8 Å². The third-order valence-electron chi connectivity index (χ3n) is 11.2. The highest BCUT2D eigenvalue weighted by molar-refractivity contribution is 7.98. The van der Waals surface area contributed by atoms with Gasteiger partial charge in [-0.15, -0.1) is 9.46 Å². The number of hydrogen-bond donors (Lipinski definition) is 1. The number of amides is 2. The van der Waals surface area contributed by atoms with Gasteiger partial charge in [0.15, 0.2) is 15.3 Å². The molecule has 11 nitrogen and oxygen atoms in total. The third kappa shape index (κ3) is 7.10. The molecule has 1 fully saturated rings. The molecule has 2 amide bonds. The van der Waals surface area contributed by atoms with E-state index in [-0.39, 0.29) is 45.9 Å². The first kappa shape index (κ1) is 36.2. The van der Waals surface area contributed by atoms with Crippen LogP contribution in [0.5, 0.6) is 11.6 Å². The van der Waals surface area contributed by atoms with Gasteiger partial charge in [-0.1, -0.05) is 36.7 Å². The summed E-state index contributed by atoms with van der Waals surface area (Å²) in [7, 11) is -0.579. The number of aliphatic hydroxyl groups is 1. The molecule has 2 aromatic carbocycles. The number of hydrogen-bond acceptors (Lipinski definition) is 8. The van der Waals surface area contributed by atoms with Crippen LogP contribution in [0.3, 0.4) is 0 Å². The van der Waals surface area contributed by atoms with E-state index >= 15 is 0 Å². The highest BCUT2D eigenvalue weighted by Gasteiger charge is 2.46. The number of benzene rings is 2. The second kappa shape index (κ2) is 14.0. The number of allylic oxidation sites excluding steroid dienone is 1. The molecule has 13 heteroatoms. The maximum absolute atomic E-state index is 14.4. The van der Waals surface area contributed by atoms with Crippen molar-refractivity contribution >= 4 is 38.8 Å². The highest BCUT2D eigenvalue weighted by Crippen LogP contribution is 2.48. The van der Waals surface area contributed by atoms with Gasteiger partial charge in [-0.25, -0.2) is 4.21 Å². The van der Waals surface area contributed by atoms with Crippen molar-refractivity contribution in [2.24, 2.45) is 29.2 Å². The predicted molar refractivity (Wildman–Crippen MR) is 201 cm³/mol.